The number of aromatic nitrogens is 4. The number of nitrogens with zero attached hydrogens (tertiary/aromatic N) is 4. The van der Waals surface area contributed by atoms with Crippen molar-refractivity contribution in [1.29, 1.82) is 0 Å². The topological polar surface area (TPSA) is 74.8 Å². The number of carbonyl (C=O) groups is 1. The van der Waals surface area contributed by atoms with Crippen LogP contribution in [-0.2, 0) is 0 Å². The first-order valence-electron chi connectivity index (χ1n) is 4.06. The third kappa shape index (κ3) is 1.30. The summed E-state index contributed by atoms with van der Waals surface area (Å²) in [7, 11) is 3.34. The monoisotopic (exact) mass is 191 g/mol. The van der Waals surface area contributed by atoms with Gasteiger partial charge in [-0.1, -0.05) is 0 Å². The first kappa shape index (κ1) is 8.61. The fourth-order valence-corrected chi connectivity index (χ4v) is 1.07. The molecule has 14 heavy (non-hydrogen) atoms. The second kappa shape index (κ2) is 3.06. The average molecular weight is 191 g/mol. The third-order valence-electron chi connectivity index (χ3n) is 1.77. The van der Waals surface area contributed by atoms with Crippen LogP contribution in [0.4, 0.5) is 0 Å². The second-order valence-corrected chi connectivity index (χ2v) is 3.05. The lowest BCUT2D eigenvalue weighted by atomic mass is 10.5. The Morgan fingerprint density at radius 3 is 2.93 bits per heavy atom. The highest BCUT2D eigenvalue weighted by Crippen LogP contribution is 2.06. The van der Waals surface area contributed by atoms with E-state index in [-0.39, 0.29) is 11.7 Å². The van der Waals surface area contributed by atoms with Crippen LogP contribution in [0, 0.1) is 0 Å². The molecule has 2 aromatic heterocycles. The third-order valence-corrected chi connectivity index (χ3v) is 1.77. The number of H-pyrrole nitrogens is 1. The molecule has 0 spiro atoms. The standard InChI is InChI=1S/C8H9N5O/c1-13(2)8(14)7-11-5-3-9-4-10-6(5)12-7/h3-4H,1-2H3,(H,9,10,11,12). The molecule has 2 heterocycles. The van der Waals surface area contributed by atoms with E-state index in [1.165, 1.54) is 11.2 Å². The van der Waals surface area contributed by atoms with Gasteiger partial charge in [0.05, 0.1) is 6.20 Å². The number of hydrogen-bond donors (Lipinski definition) is 1. The summed E-state index contributed by atoms with van der Waals surface area (Å²) in [5, 5.41) is 0. The summed E-state index contributed by atoms with van der Waals surface area (Å²) in [4.78, 5) is 27.6. The normalized spacial score (nSPS) is 10.4. The summed E-state index contributed by atoms with van der Waals surface area (Å²) >= 11 is 0. The predicted octanol–water partition coefficient (Wildman–Crippen LogP) is 0.0547. The average Bonchev–Trinajstić information content (AvgIpc) is 2.59. The minimum atomic E-state index is -0.178. The smallest absolute Gasteiger partial charge is 0.289 e. The van der Waals surface area contributed by atoms with E-state index in [0.29, 0.717) is 11.2 Å². The van der Waals surface area contributed by atoms with Crippen LogP contribution in [0.25, 0.3) is 11.2 Å². The maximum atomic E-state index is 11.5. The van der Waals surface area contributed by atoms with E-state index in [1.807, 2.05) is 0 Å². The largest absolute Gasteiger partial charge is 0.342 e. The highest BCUT2D eigenvalue weighted by molar-refractivity contribution is 5.93. The fourth-order valence-electron chi connectivity index (χ4n) is 1.07. The molecular weight excluding hydrogens is 182 g/mol. The molecule has 6 heteroatoms. The highest BCUT2D eigenvalue weighted by Gasteiger charge is 2.13. The molecule has 0 saturated carbocycles. The van der Waals surface area contributed by atoms with Gasteiger partial charge in [-0.3, -0.25) is 4.79 Å². The summed E-state index contributed by atoms with van der Waals surface area (Å²) in [6, 6.07) is 0. The summed E-state index contributed by atoms with van der Waals surface area (Å²) in [5.74, 6) is 0.105. The van der Waals surface area contributed by atoms with Gasteiger partial charge in [-0.05, 0) is 0 Å². The van der Waals surface area contributed by atoms with Crippen molar-refractivity contribution in [2.75, 3.05) is 14.1 Å². The van der Waals surface area contributed by atoms with Crippen molar-refractivity contribution in [3.63, 3.8) is 0 Å². The van der Waals surface area contributed by atoms with Crippen molar-refractivity contribution >= 4 is 17.1 Å². The number of nitrogens with one attached hydrogen (secondary N) is 1. The molecule has 0 aliphatic carbocycles. The molecule has 72 valence electrons. The van der Waals surface area contributed by atoms with Crippen molar-refractivity contribution in [3.8, 4) is 0 Å². The molecule has 0 aliphatic heterocycles. The van der Waals surface area contributed by atoms with Crippen molar-refractivity contribution in [3.05, 3.63) is 18.3 Å². The van der Waals surface area contributed by atoms with E-state index in [0.717, 1.165) is 0 Å². The van der Waals surface area contributed by atoms with Gasteiger partial charge in [0, 0.05) is 14.1 Å². The highest BCUT2D eigenvalue weighted by atomic mass is 16.2. The van der Waals surface area contributed by atoms with E-state index in [2.05, 4.69) is 19.9 Å². The van der Waals surface area contributed by atoms with Gasteiger partial charge in [-0.25, -0.2) is 15.0 Å². The van der Waals surface area contributed by atoms with Gasteiger partial charge in [0.25, 0.3) is 5.91 Å². The van der Waals surface area contributed by atoms with E-state index in [4.69, 9.17) is 0 Å². The summed E-state index contributed by atoms with van der Waals surface area (Å²) < 4.78 is 0. The Morgan fingerprint density at radius 2 is 2.29 bits per heavy atom. The zero-order chi connectivity index (χ0) is 10.1. The van der Waals surface area contributed by atoms with Gasteiger partial charge in [0.1, 0.15) is 11.8 Å². The number of amides is 1. The lowest BCUT2D eigenvalue weighted by Gasteiger charge is -2.05. The Balaban J connectivity index is 2.50. The van der Waals surface area contributed by atoms with Crippen LogP contribution < -0.4 is 0 Å². The van der Waals surface area contributed by atoms with Crippen LogP contribution >= 0.6 is 0 Å². The zero-order valence-corrected chi connectivity index (χ0v) is 7.85. The molecule has 1 amide bonds. The van der Waals surface area contributed by atoms with E-state index in [1.54, 1.807) is 20.3 Å². The van der Waals surface area contributed by atoms with Crippen molar-refractivity contribution in [2.24, 2.45) is 0 Å². The Labute approximate surface area is 80.0 Å². The Bertz CT molecular complexity index is 442. The van der Waals surface area contributed by atoms with Crippen molar-refractivity contribution in [1.82, 2.24) is 24.8 Å². The maximum absolute atomic E-state index is 11.5. The Morgan fingerprint density at radius 1 is 1.50 bits per heavy atom. The van der Waals surface area contributed by atoms with Gasteiger partial charge in [0.15, 0.2) is 11.5 Å². The summed E-state index contributed by atoms with van der Waals surface area (Å²) in [6.07, 6.45) is 2.98. The van der Waals surface area contributed by atoms with Crippen molar-refractivity contribution in [2.45, 2.75) is 0 Å². The lowest BCUT2D eigenvalue weighted by Crippen LogP contribution is -2.22. The predicted molar refractivity (Wildman–Crippen MR) is 49.7 cm³/mol. The molecule has 0 unspecified atom stereocenters. The molecule has 0 aromatic carbocycles. The van der Waals surface area contributed by atoms with Crippen LogP contribution in [0.3, 0.4) is 0 Å². The summed E-state index contributed by atoms with van der Waals surface area (Å²) in [5.41, 5.74) is 1.17. The number of hydrogen-bond acceptors (Lipinski definition) is 4. The summed E-state index contributed by atoms with van der Waals surface area (Å²) in [6.45, 7) is 0. The molecule has 1 N–H and O–H groups in total. The number of carbonyl (C=O) groups excluding carboxylic acids is 1. The SMILES string of the molecule is CN(C)C(=O)c1nc2ncncc2[nH]1. The van der Waals surface area contributed by atoms with Gasteiger partial charge in [0.2, 0.25) is 0 Å². The zero-order valence-electron chi connectivity index (χ0n) is 7.85. The molecular formula is C8H9N5O. The first-order valence-corrected chi connectivity index (χ1v) is 4.06. The molecule has 0 saturated heterocycles. The number of fused-ring (bicyclic) bond motifs is 1. The fraction of sp³-hybridized carbons (Fsp3) is 0.250. The van der Waals surface area contributed by atoms with Crippen LogP contribution in [0.5, 0.6) is 0 Å². The van der Waals surface area contributed by atoms with Crippen LogP contribution in [-0.4, -0.2) is 44.8 Å². The van der Waals surface area contributed by atoms with E-state index in [9.17, 15) is 4.79 Å². The maximum Gasteiger partial charge on any atom is 0.289 e. The minimum Gasteiger partial charge on any atom is -0.342 e. The minimum absolute atomic E-state index is 0.178. The van der Waals surface area contributed by atoms with Gasteiger partial charge in [-0.15, -0.1) is 0 Å². The van der Waals surface area contributed by atoms with Crippen molar-refractivity contribution < 1.29 is 4.79 Å². The van der Waals surface area contributed by atoms with Crippen LogP contribution in [0.2, 0.25) is 0 Å². The van der Waals surface area contributed by atoms with Gasteiger partial charge < -0.3 is 9.88 Å². The van der Waals surface area contributed by atoms with E-state index < -0.39 is 0 Å². The quantitative estimate of drug-likeness (QED) is 0.691. The number of imidazole rings is 1. The van der Waals surface area contributed by atoms with E-state index >= 15 is 0 Å². The molecule has 0 bridgehead atoms. The molecule has 0 radical (unpaired) electrons. The lowest BCUT2D eigenvalue weighted by molar-refractivity contribution is 0.0817. The molecule has 2 rings (SSSR count). The molecule has 6 nitrogen and oxygen atoms in total. The molecule has 2 aromatic rings. The van der Waals surface area contributed by atoms with Gasteiger partial charge >= 0.3 is 0 Å². The Kier molecular flexibility index (Phi) is 1.88. The van der Waals surface area contributed by atoms with Crippen LogP contribution in [0.1, 0.15) is 10.6 Å². The number of rotatable bonds is 1. The molecule has 0 fully saturated rings. The molecule has 0 aliphatic rings. The van der Waals surface area contributed by atoms with Gasteiger partial charge in [-0.2, -0.15) is 0 Å². The van der Waals surface area contributed by atoms with Crippen LogP contribution in [0.15, 0.2) is 12.5 Å². The molecule has 0 atom stereocenters. The number of aromatic amines is 1. The first-order chi connectivity index (χ1) is 6.68. The second-order valence-electron chi connectivity index (χ2n) is 3.05. The Hall–Kier alpha value is -1.98.